The maximum atomic E-state index is 10.7. The summed E-state index contributed by atoms with van der Waals surface area (Å²) in [4.78, 5) is 11.8. The van der Waals surface area contributed by atoms with Gasteiger partial charge in [0, 0.05) is 30.6 Å². The average Bonchev–Trinajstić information content (AvgIpc) is 3.57. The van der Waals surface area contributed by atoms with Crippen molar-refractivity contribution in [1.29, 1.82) is 0 Å². The maximum Gasteiger partial charge on any atom is 0.223 e. The number of aromatic nitrogens is 6. The first-order chi connectivity index (χ1) is 16.4. The van der Waals surface area contributed by atoms with Gasteiger partial charge in [-0.2, -0.15) is 9.61 Å². The van der Waals surface area contributed by atoms with Crippen molar-refractivity contribution in [3.8, 4) is 5.75 Å². The molecule has 2 aliphatic rings. The molecule has 6 rings (SSSR count). The van der Waals surface area contributed by atoms with Crippen LogP contribution in [0.15, 0.2) is 30.6 Å². The molecule has 34 heavy (non-hydrogen) atoms. The highest BCUT2D eigenvalue weighted by molar-refractivity contribution is 5.95. The van der Waals surface area contributed by atoms with Gasteiger partial charge in [0.15, 0.2) is 11.5 Å². The van der Waals surface area contributed by atoms with E-state index in [1.165, 1.54) is 0 Å². The Hall–Kier alpha value is -3.40. The maximum absolute atomic E-state index is 10.7. The van der Waals surface area contributed by atoms with Crippen LogP contribution in [0, 0.1) is 0 Å². The van der Waals surface area contributed by atoms with E-state index >= 15 is 0 Å². The summed E-state index contributed by atoms with van der Waals surface area (Å²) in [6.45, 7) is 3.68. The molecule has 3 aromatic heterocycles. The Labute approximate surface area is 197 Å². The van der Waals surface area contributed by atoms with Gasteiger partial charge in [-0.1, -0.05) is 6.07 Å². The molecule has 1 saturated heterocycles. The molecule has 10 nitrogen and oxygen atoms in total. The molecule has 1 aromatic carbocycles. The zero-order chi connectivity index (χ0) is 23.4. The van der Waals surface area contributed by atoms with Crippen LogP contribution in [0.2, 0.25) is 0 Å². The van der Waals surface area contributed by atoms with E-state index in [0.29, 0.717) is 22.9 Å². The Morgan fingerprint density at radius 1 is 1.21 bits per heavy atom. The van der Waals surface area contributed by atoms with E-state index in [-0.39, 0.29) is 12.0 Å². The van der Waals surface area contributed by atoms with Crippen LogP contribution in [0.1, 0.15) is 56.8 Å². The number of nitrogens with zero attached hydrogens (tertiary/aromatic N) is 7. The number of methoxy groups -OCH3 is 1. The van der Waals surface area contributed by atoms with E-state index in [0.717, 1.165) is 62.1 Å². The number of hydrogen-bond donors (Lipinski definition) is 2. The standard InChI is InChI=1S/C24H30N8O2/c1-24(33)10-4-9-19(24)31-14-16(12-26-31)30-11-5-6-15(13-30)21-28-22-17-7-3-8-18(34-2)20(17)27-23(25)32(22)29-21/h3,7-8,12,14-15,19,33H,4-6,9-11,13H2,1-2H3,(H2,25,27)/t15-,19?,24-/m1/s1. The number of hydrogen-bond acceptors (Lipinski definition) is 8. The number of para-hydroxylation sites is 1. The average molecular weight is 463 g/mol. The number of anilines is 2. The van der Waals surface area contributed by atoms with E-state index in [4.69, 9.17) is 20.6 Å². The zero-order valence-electron chi connectivity index (χ0n) is 19.6. The fraction of sp³-hybridized carbons (Fsp3) is 0.500. The Kier molecular flexibility index (Phi) is 4.87. The van der Waals surface area contributed by atoms with Gasteiger partial charge in [0.05, 0.1) is 30.6 Å². The van der Waals surface area contributed by atoms with Crippen molar-refractivity contribution >= 4 is 28.2 Å². The van der Waals surface area contributed by atoms with Crippen molar-refractivity contribution in [2.24, 2.45) is 0 Å². The summed E-state index contributed by atoms with van der Waals surface area (Å²) in [5.74, 6) is 1.91. The quantitative estimate of drug-likeness (QED) is 0.475. The Balaban J connectivity index is 1.30. The number of ether oxygens (including phenoxy) is 1. The minimum atomic E-state index is -0.701. The SMILES string of the molecule is COc1cccc2c1nc(N)n1nc([C@@H]3CCCN(c4cnn(C5CCC[C@@]5(C)O)c4)C3)nc21. The van der Waals surface area contributed by atoms with Crippen LogP contribution < -0.4 is 15.4 Å². The van der Waals surface area contributed by atoms with Gasteiger partial charge in [0.25, 0.3) is 0 Å². The lowest BCUT2D eigenvalue weighted by atomic mass is 9.97. The lowest BCUT2D eigenvalue weighted by molar-refractivity contribution is 0.0222. The van der Waals surface area contributed by atoms with Crippen molar-refractivity contribution in [3.05, 3.63) is 36.4 Å². The van der Waals surface area contributed by atoms with Crippen LogP contribution in [0.5, 0.6) is 5.75 Å². The predicted octanol–water partition coefficient (Wildman–Crippen LogP) is 2.92. The number of nitrogen functional groups attached to an aromatic ring is 1. The lowest BCUT2D eigenvalue weighted by Gasteiger charge is -2.32. The molecule has 3 atom stereocenters. The van der Waals surface area contributed by atoms with Crippen molar-refractivity contribution in [3.63, 3.8) is 0 Å². The number of benzene rings is 1. The Morgan fingerprint density at radius 3 is 2.88 bits per heavy atom. The van der Waals surface area contributed by atoms with Crippen LogP contribution in [0.4, 0.5) is 11.6 Å². The van der Waals surface area contributed by atoms with Crippen LogP contribution in [0.3, 0.4) is 0 Å². The molecular weight excluding hydrogens is 432 g/mol. The van der Waals surface area contributed by atoms with Crippen LogP contribution in [0.25, 0.3) is 16.6 Å². The molecule has 1 aliphatic carbocycles. The van der Waals surface area contributed by atoms with Crippen LogP contribution in [-0.4, -0.2) is 60.3 Å². The summed E-state index contributed by atoms with van der Waals surface area (Å²) in [6, 6.07) is 5.79. The Morgan fingerprint density at radius 2 is 2.09 bits per heavy atom. The molecule has 2 fully saturated rings. The van der Waals surface area contributed by atoms with Gasteiger partial charge < -0.3 is 20.5 Å². The lowest BCUT2D eigenvalue weighted by Crippen LogP contribution is -2.35. The molecule has 4 aromatic rings. The molecule has 1 aliphatic heterocycles. The summed E-state index contributed by atoms with van der Waals surface area (Å²) >= 11 is 0. The van der Waals surface area contributed by atoms with Crippen molar-refractivity contribution in [2.75, 3.05) is 30.8 Å². The van der Waals surface area contributed by atoms with Gasteiger partial charge in [-0.05, 0) is 51.2 Å². The molecule has 4 heterocycles. The summed E-state index contributed by atoms with van der Waals surface area (Å²) in [5.41, 5.74) is 8.01. The fourth-order valence-electron chi connectivity index (χ4n) is 5.61. The molecule has 178 valence electrons. The van der Waals surface area contributed by atoms with Crippen molar-refractivity contribution in [1.82, 2.24) is 29.4 Å². The Bertz CT molecular complexity index is 1360. The molecule has 1 unspecified atom stereocenters. The first-order valence-corrected chi connectivity index (χ1v) is 11.9. The highest BCUT2D eigenvalue weighted by Crippen LogP contribution is 2.39. The number of aliphatic hydroxyl groups is 1. The highest BCUT2D eigenvalue weighted by Gasteiger charge is 2.39. The van der Waals surface area contributed by atoms with Crippen LogP contribution in [-0.2, 0) is 0 Å². The molecule has 3 N–H and O–H groups in total. The molecule has 0 radical (unpaired) electrons. The number of nitrogens with two attached hydrogens (primary N) is 1. The summed E-state index contributed by atoms with van der Waals surface area (Å²) in [5, 5.41) is 20.9. The van der Waals surface area contributed by atoms with Gasteiger partial charge in [-0.25, -0.2) is 9.97 Å². The predicted molar refractivity (Wildman–Crippen MR) is 129 cm³/mol. The van der Waals surface area contributed by atoms with Crippen LogP contribution >= 0.6 is 0 Å². The summed E-state index contributed by atoms with van der Waals surface area (Å²) in [7, 11) is 1.62. The van der Waals surface area contributed by atoms with Crippen molar-refractivity contribution < 1.29 is 9.84 Å². The number of piperidine rings is 1. The second-order valence-corrected chi connectivity index (χ2v) is 9.76. The zero-order valence-corrected chi connectivity index (χ0v) is 19.6. The molecule has 1 saturated carbocycles. The topological polar surface area (TPSA) is 120 Å². The van der Waals surface area contributed by atoms with E-state index < -0.39 is 5.60 Å². The van der Waals surface area contributed by atoms with Gasteiger partial charge in [0.1, 0.15) is 11.3 Å². The fourth-order valence-corrected chi connectivity index (χ4v) is 5.61. The molecule has 0 spiro atoms. The third kappa shape index (κ3) is 3.35. The normalized spacial score (nSPS) is 25.4. The first-order valence-electron chi connectivity index (χ1n) is 11.9. The van der Waals surface area contributed by atoms with Crippen molar-refractivity contribution in [2.45, 2.75) is 56.6 Å². The second-order valence-electron chi connectivity index (χ2n) is 9.76. The third-order valence-electron chi connectivity index (χ3n) is 7.46. The van der Waals surface area contributed by atoms with Gasteiger partial charge in [-0.3, -0.25) is 4.68 Å². The van der Waals surface area contributed by atoms with E-state index in [1.54, 1.807) is 11.6 Å². The van der Waals surface area contributed by atoms with E-state index in [2.05, 4.69) is 21.2 Å². The first kappa shape index (κ1) is 21.2. The monoisotopic (exact) mass is 462 g/mol. The molecule has 0 amide bonds. The molecule has 10 heteroatoms. The van der Waals surface area contributed by atoms with Gasteiger partial charge in [0.2, 0.25) is 5.95 Å². The smallest absolute Gasteiger partial charge is 0.223 e. The summed E-state index contributed by atoms with van der Waals surface area (Å²) in [6.07, 6.45) is 8.83. The van der Waals surface area contributed by atoms with Gasteiger partial charge in [-0.15, -0.1) is 5.10 Å². The number of fused-ring (bicyclic) bond motifs is 3. The largest absolute Gasteiger partial charge is 0.494 e. The summed E-state index contributed by atoms with van der Waals surface area (Å²) < 4.78 is 9.04. The molecule has 0 bridgehead atoms. The highest BCUT2D eigenvalue weighted by atomic mass is 16.5. The molecular formula is C24H30N8O2. The minimum absolute atomic E-state index is 0.0303. The minimum Gasteiger partial charge on any atom is -0.494 e. The second kappa shape index (κ2) is 7.83. The van der Waals surface area contributed by atoms with E-state index in [9.17, 15) is 5.11 Å². The number of rotatable bonds is 4. The van der Waals surface area contributed by atoms with Gasteiger partial charge >= 0.3 is 0 Å². The third-order valence-corrected chi connectivity index (χ3v) is 7.46. The van der Waals surface area contributed by atoms with E-state index in [1.807, 2.05) is 36.0 Å².